The van der Waals surface area contributed by atoms with E-state index in [4.69, 9.17) is 37.1 Å². The largest absolute Gasteiger partial charge is 0.756 e. The number of fused-ring (bicyclic) bond motifs is 1. The summed E-state index contributed by atoms with van der Waals surface area (Å²) in [6.45, 7) is 0.429. The Labute approximate surface area is 258 Å². The van der Waals surface area contributed by atoms with Gasteiger partial charge in [-0.3, -0.25) is 27.7 Å². The van der Waals surface area contributed by atoms with E-state index in [0.717, 1.165) is 5.69 Å². The van der Waals surface area contributed by atoms with Crippen molar-refractivity contribution < 1.29 is 65.4 Å². The van der Waals surface area contributed by atoms with Gasteiger partial charge in [-0.15, -0.1) is 0 Å². The van der Waals surface area contributed by atoms with E-state index < -0.39 is 67.1 Å². The van der Waals surface area contributed by atoms with Gasteiger partial charge in [0.05, 0.1) is 25.2 Å². The molecule has 1 saturated heterocycles. The van der Waals surface area contributed by atoms with E-state index >= 15 is 0 Å². The van der Waals surface area contributed by atoms with E-state index in [1.165, 1.54) is 18.0 Å². The van der Waals surface area contributed by atoms with Crippen molar-refractivity contribution in [1.29, 1.82) is 0 Å². The maximum atomic E-state index is 12.7. The van der Waals surface area contributed by atoms with Gasteiger partial charge in [0.1, 0.15) is 36.1 Å². The van der Waals surface area contributed by atoms with Gasteiger partial charge < -0.3 is 54.3 Å². The van der Waals surface area contributed by atoms with Gasteiger partial charge in [-0.2, -0.15) is 5.10 Å². The average molecular weight is 715 g/mol. The van der Waals surface area contributed by atoms with Gasteiger partial charge in [0, 0.05) is 19.9 Å². The molecule has 0 aromatic carbocycles. The molecule has 4 rings (SSSR count). The number of H-pyrrole nitrogens is 1. The van der Waals surface area contributed by atoms with E-state index in [2.05, 4.69) is 38.5 Å². The first-order valence-electron chi connectivity index (χ1n) is 12.4. The van der Waals surface area contributed by atoms with Crippen LogP contribution in [0.4, 0.5) is 5.95 Å². The van der Waals surface area contributed by atoms with Crippen molar-refractivity contribution in [3.63, 3.8) is 0 Å². The molecule has 0 radical (unpaired) electrons. The number of aromatic amines is 1. The molecular formula is C19H26N8O14P3S-3. The quantitative estimate of drug-likeness (QED) is 0.105. The summed E-state index contributed by atoms with van der Waals surface area (Å²) in [4.78, 5) is 66.5. The standard InChI is InChI=1S/C19H29N8O14P3S/c1-9-4-10(25-26(9)2)5-21-12(28)7-37-15-14(36-3)11(6-38-43(32,33)41-44(34,35)40-42(29,30)31)39-18(15)27-8-22-13-16(27)23-19(20)24-17(13)45/h4,8,11,14-15,18H,5-7H2,1-3H3,(H,21,28)(H,32,33)(H,34,35)(H2,29,30,31)(H3,20,23,24,45)/p-3/t11-,14?,15+,18-/m1/s1. The van der Waals surface area contributed by atoms with Crippen molar-refractivity contribution in [2.24, 2.45) is 7.05 Å². The molecule has 5 N–H and O–H groups in total. The van der Waals surface area contributed by atoms with Gasteiger partial charge in [0.15, 0.2) is 16.8 Å². The molecule has 1 aliphatic heterocycles. The fraction of sp³-hybridized carbons (Fsp3) is 0.526. The number of methoxy groups -OCH3 is 1. The highest BCUT2D eigenvalue weighted by atomic mass is 32.1. The number of aromatic nitrogens is 6. The van der Waals surface area contributed by atoms with Crippen LogP contribution in [-0.2, 0) is 59.4 Å². The topological polar surface area (TPSA) is 315 Å². The molecule has 7 atom stereocenters. The Balaban J connectivity index is 1.54. The van der Waals surface area contributed by atoms with Crippen LogP contribution in [0.25, 0.3) is 11.2 Å². The van der Waals surface area contributed by atoms with Gasteiger partial charge in [-0.05, 0) is 13.0 Å². The lowest BCUT2D eigenvalue weighted by Gasteiger charge is -2.33. The van der Waals surface area contributed by atoms with Crippen molar-refractivity contribution in [2.75, 3.05) is 26.1 Å². The second-order valence-corrected chi connectivity index (χ2v) is 14.0. The number of carbonyl (C=O) groups excluding carboxylic acids is 1. The molecule has 1 aliphatic rings. The Hall–Kier alpha value is -2.46. The molecule has 250 valence electrons. The molecule has 0 aliphatic carbocycles. The van der Waals surface area contributed by atoms with Crippen LogP contribution in [0.2, 0.25) is 0 Å². The summed E-state index contributed by atoms with van der Waals surface area (Å²) in [7, 11) is -15.0. The SMILES string of the molecule is COC1[C@@H](COP(=O)([O-])OP(=O)([O-])OP(=O)([O-])O)O[C@@H](n2cnc3c(=S)nc(N)[nH]c32)[C@H]1OCC(=O)NCc1cc(C)n(C)n1. The zero-order chi connectivity index (χ0) is 33.3. The van der Waals surface area contributed by atoms with Crippen LogP contribution < -0.4 is 25.7 Å². The fourth-order valence-electron chi connectivity index (χ4n) is 4.26. The van der Waals surface area contributed by atoms with Crippen LogP contribution in [0.1, 0.15) is 17.6 Å². The van der Waals surface area contributed by atoms with Gasteiger partial charge in [0.25, 0.3) is 23.5 Å². The number of hydrogen-bond acceptors (Lipinski definition) is 18. The molecule has 4 heterocycles. The summed E-state index contributed by atoms with van der Waals surface area (Å²) in [6, 6.07) is 1.78. The molecule has 4 unspecified atom stereocenters. The molecule has 3 aromatic rings. The number of hydrogen-bond donors (Lipinski definition) is 4. The molecule has 0 bridgehead atoms. The highest BCUT2D eigenvalue weighted by molar-refractivity contribution is 7.71. The van der Waals surface area contributed by atoms with Gasteiger partial charge in [0.2, 0.25) is 5.91 Å². The van der Waals surface area contributed by atoms with Gasteiger partial charge >= 0.3 is 0 Å². The van der Waals surface area contributed by atoms with E-state index in [-0.39, 0.29) is 28.3 Å². The van der Waals surface area contributed by atoms with Crippen LogP contribution in [0.3, 0.4) is 0 Å². The minimum Gasteiger partial charge on any atom is -0.756 e. The first-order chi connectivity index (χ1) is 20.9. The van der Waals surface area contributed by atoms with Crippen LogP contribution in [0, 0.1) is 11.6 Å². The zero-order valence-electron chi connectivity index (χ0n) is 23.4. The molecule has 1 fully saturated rings. The van der Waals surface area contributed by atoms with E-state index in [0.29, 0.717) is 5.69 Å². The van der Waals surface area contributed by atoms with Crippen molar-refractivity contribution in [1.82, 2.24) is 34.6 Å². The molecule has 45 heavy (non-hydrogen) atoms. The Morgan fingerprint density at radius 3 is 2.58 bits per heavy atom. The number of rotatable bonds is 14. The third-order valence-corrected chi connectivity index (χ3v) is 10.1. The van der Waals surface area contributed by atoms with Crippen molar-refractivity contribution in [3.05, 3.63) is 28.4 Å². The monoisotopic (exact) mass is 715 g/mol. The molecule has 0 saturated carbocycles. The summed E-state index contributed by atoms with van der Waals surface area (Å²) in [5, 5.41) is 6.90. The molecular weight excluding hydrogens is 689 g/mol. The number of nitrogens with two attached hydrogens (primary N) is 1. The molecule has 3 aromatic heterocycles. The number of imidazole rings is 1. The number of phosphoric acid groups is 3. The van der Waals surface area contributed by atoms with Crippen molar-refractivity contribution in [2.45, 2.75) is 38.0 Å². The van der Waals surface area contributed by atoms with E-state index in [1.807, 2.05) is 6.92 Å². The van der Waals surface area contributed by atoms with Crippen LogP contribution in [0.5, 0.6) is 0 Å². The number of nitrogens with zero attached hydrogens (tertiary/aromatic N) is 5. The first kappa shape index (κ1) is 35.4. The third-order valence-electron chi connectivity index (χ3n) is 6.13. The molecule has 22 nitrogen and oxygen atoms in total. The van der Waals surface area contributed by atoms with Crippen molar-refractivity contribution >= 4 is 58.7 Å². The minimum absolute atomic E-state index is 0.0435. The lowest BCUT2D eigenvalue weighted by atomic mass is 10.1. The Morgan fingerprint density at radius 1 is 1.24 bits per heavy atom. The minimum atomic E-state index is -6.14. The normalized spacial score (nSPS) is 24.2. The lowest BCUT2D eigenvalue weighted by molar-refractivity contribution is -0.250. The van der Waals surface area contributed by atoms with E-state index in [9.17, 15) is 33.2 Å². The predicted octanol–water partition coefficient (Wildman–Crippen LogP) is -1.83. The summed E-state index contributed by atoms with van der Waals surface area (Å²) in [5.74, 6) is -0.630. The third kappa shape index (κ3) is 9.09. The number of nitrogen functional groups attached to an aromatic ring is 1. The maximum absolute atomic E-state index is 12.7. The number of carbonyl (C=O) groups is 1. The molecule has 26 heteroatoms. The smallest absolute Gasteiger partial charge is 0.280 e. The second kappa shape index (κ2) is 13.7. The van der Waals surface area contributed by atoms with Crippen LogP contribution in [-0.4, -0.2) is 78.7 Å². The predicted molar refractivity (Wildman–Crippen MR) is 145 cm³/mol. The zero-order valence-corrected chi connectivity index (χ0v) is 26.9. The number of aryl methyl sites for hydroxylation is 2. The Morgan fingerprint density at radius 2 is 1.96 bits per heavy atom. The summed E-state index contributed by atoms with van der Waals surface area (Å²) in [6.07, 6.45) is -3.65. The van der Waals surface area contributed by atoms with E-state index in [1.54, 1.807) is 17.8 Å². The molecule has 0 spiro atoms. The number of ether oxygens (including phenoxy) is 3. The Kier molecular flexibility index (Phi) is 10.8. The summed E-state index contributed by atoms with van der Waals surface area (Å²) >= 11 is 5.20. The first-order valence-corrected chi connectivity index (χ1v) is 17.2. The van der Waals surface area contributed by atoms with Gasteiger partial charge in [-0.25, -0.2) is 18.6 Å². The fourth-order valence-corrected chi connectivity index (χ4v) is 7.40. The highest BCUT2D eigenvalue weighted by Gasteiger charge is 2.48. The lowest BCUT2D eigenvalue weighted by Crippen LogP contribution is -2.40. The average Bonchev–Trinajstić information content (AvgIpc) is 3.57. The number of phosphoric ester groups is 1. The summed E-state index contributed by atoms with van der Waals surface area (Å²) in [5.41, 5.74) is 7.69. The number of nitrogens with one attached hydrogen (secondary N) is 2. The molecule has 1 amide bonds. The van der Waals surface area contributed by atoms with Crippen LogP contribution >= 0.6 is 35.7 Å². The Bertz CT molecular complexity index is 1740. The maximum Gasteiger partial charge on any atom is 0.280 e. The summed E-state index contributed by atoms with van der Waals surface area (Å²) < 4.78 is 66.3. The van der Waals surface area contributed by atoms with Gasteiger partial charge in [-0.1, -0.05) is 12.2 Å². The van der Waals surface area contributed by atoms with Crippen LogP contribution in [0.15, 0.2) is 12.4 Å². The second-order valence-electron chi connectivity index (χ2n) is 9.32. The number of anilines is 1. The number of amides is 1. The van der Waals surface area contributed by atoms with Crippen molar-refractivity contribution in [3.8, 4) is 0 Å². The highest BCUT2D eigenvalue weighted by Crippen LogP contribution is 2.61.